The van der Waals surface area contributed by atoms with E-state index in [1.54, 1.807) is 13.3 Å². The van der Waals surface area contributed by atoms with Gasteiger partial charge in [-0.15, -0.1) is 5.10 Å². The first kappa shape index (κ1) is 16.9. The molecule has 26 heavy (non-hydrogen) atoms. The molecule has 7 nitrogen and oxygen atoms in total. The van der Waals surface area contributed by atoms with Gasteiger partial charge in [0.15, 0.2) is 5.82 Å². The van der Waals surface area contributed by atoms with E-state index >= 15 is 0 Å². The number of piperazine rings is 1. The number of anilines is 3. The molecule has 0 radical (unpaired) electrons. The number of aromatic nitrogens is 3. The van der Waals surface area contributed by atoms with Gasteiger partial charge in [-0.05, 0) is 43.5 Å². The van der Waals surface area contributed by atoms with Crippen LogP contribution in [0.4, 0.5) is 17.5 Å². The molecule has 0 atom stereocenters. The molecule has 0 aliphatic carbocycles. The summed E-state index contributed by atoms with van der Waals surface area (Å²) < 4.78 is 5.24. The van der Waals surface area contributed by atoms with Gasteiger partial charge in [0.25, 0.3) is 0 Å². The Bertz CT molecular complexity index is 708. The van der Waals surface area contributed by atoms with Crippen LogP contribution in [0.5, 0.6) is 5.75 Å². The summed E-state index contributed by atoms with van der Waals surface area (Å²) in [7, 11) is 1.70. The van der Waals surface area contributed by atoms with Crippen molar-refractivity contribution in [2.45, 2.75) is 19.3 Å². The maximum Gasteiger partial charge on any atom is 0.247 e. The van der Waals surface area contributed by atoms with Crippen LogP contribution in [-0.2, 0) is 0 Å². The minimum absolute atomic E-state index is 0.778. The maximum atomic E-state index is 5.24. The van der Waals surface area contributed by atoms with Crippen LogP contribution in [0.15, 0.2) is 30.5 Å². The summed E-state index contributed by atoms with van der Waals surface area (Å²) in [5.41, 5.74) is 1.24. The smallest absolute Gasteiger partial charge is 0.247 e. The quantitative estimate of drug-likeness (QED) is 0.834. The number of ether oxygens (including phenoxy) is 1. The second-order valence-electron chi connectivity index (χ2n) is 6.83. The Balaban J connectivity index is 1.39. The lowest BCUT2D eigenvalue weighted by atomic mass is 10.1. The molecular formula is C19H26N6O. The second kappa shape index (κ2) is 7.76. The van der Waals surface area contributed by atoms with E-state index in [9.17, 15) is 0 Å². The molecule has 1 aromatic heterocycles. The Hall–Kier alpha value is -2.57. The summed E-state index contributed by atoms with van der Waals surface area (Å²) >= 11 is 0. The molecule has 2 saturated heterocycles. The molecule has 2 aromatic rings. The average molecular weight is 354 g/mol. The second-order valence-corrected chi connectivity index (χ2v) is 6.83. The van der Waals surface area contributed by atoms with Crippen molar-refractivity contribution in [2.24, 2.45) is 0 Å². The number of nitrogens with zero attached hydrogens (tertiary/aromatic N) is 6. The van der Waals surface area contributed by atoms with Crippen LogP contribution < -0.4 is 19.4 Å². The van der Waals surface area contributed by atoms with Gasteiger partial charge in [-0.1, -0.05) is 0 Å². The molecule has 3 heterocycles. The third-order valence-electron chi connectivity index (χ3n) is 5.22. The van der Waals surface area contributed by atoms with Crippen molar-refractivity contribution in [1.82, 2.24) is 15.2 Å². The largest absolute Gasteiger partial charge is 0.497 e. The Labute approximate surface area is 154 Å². The maximum absolute atomic E-state index is 5.24. The van der Waals surface area contributed by atoms with E-state index in [0.717, 1.165) is 56.8 Å². The minimum atomic E-state index is 0.778. The highest BCUT2D eigenvalue weighted by atomic mass is 16.5. The molecule has 0 N–H and O–H groups in total. The Kier molecular flexibility index (Phi) is 5.04. The predicted molar refractivity (Wildman–Crippen MR) is 103 cm³/mol. The number of piperidine rings is 1. The van der Waals surface area contributed by atoms with Crippen LogP contribution in [0.1, 0.15) is 19.3 Å². The number of methoxy groups -OCH3 is 1. The highest BCUT2D eigenvalue weighted by Gasteiger charge is 2.21. The lowest BCUT2D eigenvalue weighted by Crippen LogP contribution is -2.47. The molecule has 2 aliphatic rings. The predicted octanol–water partition coefficient (Wildman–Crippen LogP) is 2.20. The Morgan fingerprint density at radius 1 is 0.808 bits per heavy atom. The molecular weight excluding hydrogens is 328 g/mol. The van der Waals surface area contributed by atoms with Gasteiger partial charge in [-0.25, -0.2) is 0 Å². The fourth-order valence-electron chi connectivity index (χ4n) is 3.65. The van der Waals surface area contributed by atoms with Crippen LogP contribution in [0.2, 0.25) is 0 Å². The zero-order chi connectivity index (χ0) is 17.8. The van der Waals surface area contributed by atoms with Crippen molar-refractivity contribution in [3.8, 4) is 5.75 Å². The number of rotatable bonds is 4. The highest BCUT2D eigenvalue weighted by molar-refractivity contribution is 5.51. The highest BCUT2D eigenvalue weighted by Crippen LogP contribution is 2.23. The van der Waals surface area contributed by atoms with E-state index in [1.165, 1.54) is 24.9 Å². The van der Waals surface area contributed by atoms with Crippen LogP contribution in [0.25, 0.3) is 0 Å². The van der Waals surface area contributed by atoms with Crippen LogP contribution in [-0.4, -0.2) is 61.6 Å². The molecule has 138 valence electrons. The van der Waals surface area contributed by atoms with Crippen LogP contribution in [0, 0.1) is 0 Å². The Morgan fingerprint density at radius 2 is 1.50 bits per heavy atom. The van der Waals surface area contributed by atoms with E-state index in [4.69, 9.17) is 9.72 Å². The fourth-order valence-corrected chi connectivity index (χ4v) is 3.65. The summed E-state index contributed by atoms with van der Waals surface area (Å²) in [6.45, 7) is 5.88. The van der Waals surface area contributed by atoms with Gasteiger partial charge >= 0.3 is 0 Å². The lowest BCUT2D eigenvalue weighted by molar-refractivity contribution is 0.415. The van der Waals surface area contributed by atoms with Gasteiger partial charge < -0.3 is 19.4 Å². The number of hydrogen-bond acceptors (Lipinski definition) is 7. The normalized spacial score (nSPS) is 18.1. The molecule has 0 amide bonds. The summed E-state index contributed by atoms with van der Waals surface area (Å²) in [5.74, 6) is 2.61. The van der Waals surface area contributed by atoms with Crippen LogP contribution in [0.3, 0.4) is 0 Å². The lowest BCUT2D eigenvalue weighted by Gasteiger charge is -2.37. The summed E-state index contributed by atoms with van der Waals surface area (Å²) in [6, 6.07) is 8.27. The zero-order valence-electron chi connectivity index (χ0n) is 15.3. The number of hydrogen-bond donors (Lipinski definition) is 0. The molecule has 0 bridgehead atoms. The first-order valence-corrected chi connectivity index (χ1v) is 9.42. The summed E-state index contributed by atoms with van der Waals surface area (Å²) in [5, 5.41) is 8.46. The molecule has 1 aromatic carbocycles. The molecule has 2 fully saturated rings. The van der Waals surface area contributed by atoms with E-state index in [-0.39, 0.29) is 0 Å². The first-order valence-electron chi connectivity index (χ1n) is 9.42. The van der Waals surface area contributed by atoms with Gasteiger partial charge in [-0.2, -0.15) is 10.1 Å². The van der Waals surface area contributed by atoms with E-state index < -0.39 is 0 Å². The number of benzene rings is 1. The molecule has 2 aliphatic heterocycles. The standard InChI is InChI=1S/C19H26N6O/c1-26-17-7-5-16(6-8-17)23-11-13-24(14-12-23)18-15-20-22-19(21-18)25-9-3-2-4-10-25/h5-8,15H,2-4,9-14H2,1H3. The third-order valence-corrected chi connectivity index (χ3v) is 5.22. The van der Waals surface area contributed by atoms with Gasteiger partial charge in [0.05, 0.1) is 13.3 Å². The average Bonchev–Trinajstić information content (AvgIpc) is 2.75. The molecule has 4 rings (SSSR count). The minimum Gasteiger partial charge on any atom is -0.497 e. The van der Waals surface area contributed by atoms with E-state index in [1.807, 2.05) is 12.1 Å². The van der Waals surface area contributed by atoms with Crippen molar-refractivity contribution in [3.05, 3.63) is 30.5 Å². The molecule has 0 unspecified atom stereocenters. The molecule has 0 spiro atoms. The van der Waals surface area contributed by atoms with Crippen molar-refractivity contribution in [1.29, 1.82) is 0 Å². The van der Waals surface area contributed by atoms with Crippen molar-refractivity contribution < 1.29 is 4.74 Å². The van der Waals surface area contributed by atoms with Crippen molar-refractivity contribution in [2.75, 3.05) is 61.1 Å². The topological polar surface area (TPSA) is 57.6 Å². The van der Waals surface area contributed by atoms with Gasteiger partial charge in [0, 0.05) is 45.0 Å². The first-order chi connectivity index (χ1) is 12.8. The third kappa shape index (κ3) is 3.66. The van der Waals surface area contributed by atoms with E-state index in [2.05, 4.69) is 37.0 Å². The van der Waals surface area contributed by atoms with Gasteiger partial charge in [0.2, 0.25) is 5.95 Å². The van der Waals surface area contributed by atoms with Crippen LogP contribution >= 0.6 is 0 Å². The monoisotopic (exact) mass is 354 g/mol. The van der Waals surface area contributed by atoms with Crippen molar-refractivity contribution >= 4 is 17.5 Å². The fraction of sp³-hybridized carbons (Fsp3) is 0.526. The van der Waals surface area contributed by atoms with Crippen molar-refractivity contribution in [3.63, 3.8) is 0 Å². The van der Waals surface area contributed by atoms with Gasteiger partial charge in [-0.3, -0.25) is 0 Å². The molecule has 0 saturated carbocycles. The summed E-state index contributed by atoms with van der Waals surface area (Å²) in [6.07, 6.45) is 5.52. The zero-order valence-corrected chi connectivity index (χ0v) is 15.3. The Morgan fingerprint density at radius 3 is 2.19 bits per heavy atom. The summed E-state index contributed by atoms with van der Waals surface area (Å²) in [4.78, 5) is 11.7. The SMILES string of the molecule is COc1ccc(N2CCN(c3cnnc(N4CCCCC4)n3)CC2)cc1. The van der Waals surface area contributed by atoms with Gasteiger partial charge in [0.1, 0.15) is 5.75 Å². The molecule has 7 heteroatoms. The van der Waals surface area contributed by atoms with E-state index in [0.29, 0.717) is 0 Å².